The third kappa shape index (κ3) is 3.04. The van der Waals surface area contributed by atoms with Crippen molar-refractivity contribution < 1.29 is 4.79 Å². The number of rotatable bonds is 6. The Hall–Kier alpha value is -0.370. The summed E-state index contributed by atoms with van der Waals surface area (Å²) in [5, 5.41) is 0. The van der Waals surface area contributed by atoms with E-state index in [9.17, 15) is 4.79 Å². The zero-order valence-corrected chi connectivity index (χ0v) is 10.5. The van der Waals surface area contributed by atoms with E-state index in [2.05, 4.69) is 25.8 Å². The molecule has 1 rings (SSSR count). The third-order valence-electron chi connectivity index (χ3n) is 3.98. The van der Waals surface area contributed by atoms with Crippen LogP contribution < -0.4 is 0 Å². The summed E-state index contributed by atoms with van der Waals surface area (Å²) < 4.78 is 0. The third-order valence-corrected chi connectivity index (χ3v) is 3.98. The summed E-state index contributed by atoms with van der Waals surface area (Å²) in [6.45, 7) is 5.42. The van der Waals surface area contributed by atoms with Crippen molar-refractivity contribution in [2.24, 2.45) is 5.41 Å². The van der Waals surface area contributed by atoms with Gasteiger partial charge in [-0.1, -0.05) is 26.7 Å². The van der Waals surface area contributed by atoms with Crippen LogP contribution in [0.4, 0.5) is 0 Å². The molecule has 0 spiro atoms. The maximum atomic E-state index is 11.2. The Morgan fingerprint density at radius 2 is 1.80 bits per heavy atom. The molecule has 0 unspecified atom stereocenters. The molecule has 0 saturated heterocycles. The highest BCUT2D eigenvalue weighted by Gasteiger charge is 2.35. The summed E-state index contributed by atoms with van der Waals surface area (Å²) >= 11 is 0. The van der Waals surface area contributed by atoms with Crippen LogP contribution in [0.25, 0.3) is 0 Å². The molecule has 1 fully saturated rings. The summed E-state index contributed by atoms with van der Waals surface area (Å²) in [6, 6.07) is 0.641. The molecule has 0 atom stereocenters. The van der Waals surface area contributed by atoms with Crippen LogP contribution in [0.1, 0.15) is 52.4 Å². The van der Waals surface area contributed by atoms with Gasteiger partial charge in [0.05, 0.1) is 0 Å². The maximum absolute atomic E-state index is 11.2. The summed E-state index contributed by atoms with van der Waals surface area (Å²) in [5.74, 6) is 0. The van der Waals surface area contributed by atoms with E-state index >= 15 is 0 Å². The molecule has 1 aliphatic carbocycles. The minimum atomic E-state index is -0.0165. The second kappa shape index (κ2) is 5.64. The van der Waals surface area contributed by atoms with Crippen LogP contribution in [0.5, 0.6) is 0 Å². The zero-order chi connectivity index (χ0) is 11.3. The molecule has 0 heterocycles. The Labute approximate surface area is 94.0 Å². The van der Waals surface area contributed by atoms with Crippen LogP contribution in [0, 0.1) is 5.41 Å². The first kappa shape index (κ1) is 12.7. The van der Waals surface area contributed by atoms with Crippen LogP contribution in [-0.4, -0.2) is 30.8 Å². The molecule has 0 aromatic heterocycles. The Kier molecular flexibility index (Phi) is 4.78. The minimum absolute atomic E-state index is 0.0165. The van der Waals surface area contributed by atoms with Crippen LogP contribution in [0.15, 0.2) is 0 Å². The SMILES string of the molecule is CCC(CC)N(C)CC1(C=O)CCCC1. The number of carbonyl (C=O) groups excluding carboxylic acids is 1. The largest absolute Gasteiger partial charge is 0.303 e. The smallest absolute Gasteiger partial charge is 0.127 e. The maximum Gasteiger partial charge on any atom is 0.127 e. The van der Waals surface area contributed by atoms with E-state index in [4.69, 9.17) is 0 Å². The molecule has 2 heteroatoms. The number of hydrogen-bond donors (Lipinski definition) is 0. The lowest BCUT2D eigenvalue weighted by Gasteiger charge is -2.33. The average Bonchev–Trinajstić information content (AvgIpc) is 2.69. The number of carbonyl (C=O) groups is 1. The molecular weight excluding hydrogens is 186 g/mol. The van der Waals surface area contributed by atoms with Crippen LogP contribution >= 0.6 is 0 Å². The number of hydrogen-bond acceptors (Lipinski definition) is 2. The van der Waals surface area contributed by atoms with E-state index in [0.29, 0.717) is 6.04 Å². The van der Waals surface area contributed by atoms with Crippen molar-refractivity contribution in [2.45, 2.75) is 58.4 Å². The van der Waals surface area contributed by atoms with E-state index in [-0.39, 0.29) is 5.41 Å². The molecule has 2 nitrogen and oxygen atoms in total. The molecule has 1 saturated carbocycles. The van der Waals surface area contributed by atoms with Gasteiger partial charge in [0.15, 0.2) is 0 Å². The Morgan fingerprint density at radius 3 is 2.20 bits per heavy atom. The van der Waals surface area contributed by atoms with Crippen LogP contribution in [0.2, 0.25) is 0 Å². The van der Waals surface area contributed by atoms with Crippen molar-refractivity contribution in [3.8, 4) is 0 Å². The zero-order valence-electron chi connectivity index (χ0n) is 10.5. The van der Waals surface area contributed by atoms with Crippen LogP contribution in [-0.2, 0) is 4.79 Å². The molecule has 0 aromatic carbocycles. The summed E-state index contributed by atoms with van der Waals surface area (Å²) in [6.07, 6.45) is 8.25. The van der Waals surface area contributed by atoms with Gasteiger partial charge in [0.25, 0.3) is 0 Å². The number of aldehydes is 1. The lowest BCUT2D eigenvalue weighted by atomic mass is 9.87. The van der Waals surface area contributed by atoms with Gasteiger partial charge in [0, 0.05) is 18.0 Å². The molecule has 0 N–H and O–H groups in total. The standard InChI is InChI=1S/C13H25NO/c1-4-12(5-2)14(3)10-13(11-15)8-6-7-9-13/h11-12H,4-10H2,1-3H3. The molecule has 0 radical (unpaired) electrons. The first-order chi connectivity index (χ1) is 7.17. The molecule has 0 amide bonds. The topological polar surface area (TPSA) is 20.3 Å². The van der Waals surface area contributed by atoms with Gasteiger partial charge in [0.2, 0.25) is 0 Å². The Balaban J connectivity index is 2.54. The lowest BCUT2D eigenvalue weighted by Crippen LogP contribution is -2.40. The molecule has 1 aliphatic rings. The summed E-state index contributed by atoms with van der Waals surface area (Å²) in [7, 11) is 2.17. The monoisotopic (exact) mass is 211 g/mol. The summed E-state index contributed by atoms with van der Waals surface area (Å²) in [5.41, 5.74) is -0.0165. The molecule has 88 valence electrons. The van der Waals surface area contributed by atoms with Crippen molar-refractivity contribution in [2.75, 3.05) is 13.6 Å². The van der Waals surface area contributed by atoms with Crippen LogP contribution in [0.3, 0.4) is 0 Å². The molecule has 0 aliphatic heterocycles. The first-order valence-electron chi connectivity index (χ1n) is 6.34. The molecule has 15 heavy (non-hydrogen) atoms. The average molecular weight is 211 g/mol. The summed E-state index contributed by atoms with van der Waals surface area (Å²) in [4.78, 5) is 13.6. The second-order valence-corrected chi connectivity index (χ2v) is 5.07. The fraction of sp³-hybridized carbons (Fsp3) is 0.923. The fourth-order valence-electron chi connectivity index (χ4n) is 2.93. The van der Waals surface area contributed by atoms with Gasteiger partial charge in [-0.25, -0.2) is 0 Å². The van der Waals surface area contributed by atoms with Crippen molar-refractivity contribution in [3.63, 3.8) is 0 Å². The first-order valence-corrected chi connectivity index (χ1v) is 6.34. The highest BCUT2D eigenvalue weighted by atomic mass is 16.1. The van der Waals surface area contributed by atoms with E-state index in [1.165, 1.54) is 32.0 Å². The molecule has 0 aromatic rings. The van der Waals surface area contributed by atoms with Crippen molar-refractivity contribution >= 4 is 6.29 Å². The van der Waals surface area contributed by atoms with Gasteiger partial charge in [-0.15, -0.1) is 0 Å². The molecule has 0 bridgehead atoms. The quantitative estimate of drug-likeness (QED) is 0.630. The highest BCUT2D eigenvalue weighted by molar-refractivity contribution is 5.60. The van der Waals surface area contributed by atoms with Crippen molar-refractivity contribution in [3.05, 3.63) is 0 Å². The van der Waals surface area contributed by atoms with Gasteiger partial charge < -0.3 is 9.69 Å². The predicted octanol–water partition coefficient (Wildman–Crippen LogP) is 2.87. The fourth-order valence-corrected chi connectivity index (χ4v) is 2.93. The second-order valence-electron chi connectivity index (χ2n) is 5.07. The molecular formula is C13H25NO. The van der Waals surface area contributed by atoms with E-state index in [1.54, 1.807) is 0 Å². The normalized spacial score (nSPS) is 20.1. The van der Waals surface area contributed by atoms with Gasteiger partial charge in [-0.3, -0.25) is 0 Å². The van der Waals surface area contributed by atoms with Gasteiger partial charge >= 0.3 is 0 Å². The van der Waals surface area contributed by atoms with E-state index in [1.807, 2.05) is 0 Å². The van der Waals surface area contributed by atoms with Gasteiger partial charge in [-0.05, 0) is 32.7 Å². The van der Waals surface area contributed by atoms with Crippen molar-refractivity contribution in [1.82, 2.24) is 4.90 Å². The predicted molar refractivity (Wildman–Crippen MR) is 64.0 cm³/mol. The highest BCUT2D eigenvalue weighted by Crippen LogP contribution is 2.37. The Bertz CT molecular complexity index is 193. The van der Waals surface area contributed by atoms with E-state index < -0.39 is 0 Å². The van der Waals surface area contributed by atoms with Gasteiger partial charge in [-0.2, -0.15) is 0 Å². The van der Waals surface area contributed by atoms with Gasteiger partial charge in [0.1, 0.15) is 6.29 Å². The van der Waals surface area contributed by atoms with Crippen molar-refractivity contribution in [1.29, 1.82) is 0 Å². The minimum Gasteiger partial charge on any atom is -0.303 e. The number of nitrogens with zero attached hydrogens (tertiary/aromatic N) is 1. The van der Waals surface area contributed by atoms with E-state index in [0.717, 1.165) is 19.4 Å². The lowest BCUT2D eigenvalue weighted by molar-refractivity contribution is -0.117. The Morgan fingerprint density at radius 1 is 1.27 bits per heavy atom.